The fraction of sp³-hybridized carbons (Fsp3) is 0.433. The summed E-state index contributed by atoms with van der Waals surface area (Å²) < 4.78 is 5.45. The Morgan fingerprint density at radius 2 is 1.85 bits per heavy atom. The van der Waals surface area contributed by atoms with Gasteiger partial charge in [-0.2, -0.15) is 0 Å². The van der Waals surface area contributed by atoms with E-state index in [2.05, 4.69) is 11.0 Å². The van der Waals surface area contributed by atoms with E-state index >= 15 is 0 Å². The van der Waals surface area contributed by atoms with Crippen LogP contribution in [0.1, 0.15) is 29.5 Å². The number of rotatable bonds is 4. The largest absolute Gasteiger partial charge is 0.507 e. The van der Waals surface area contributed by atoms with Gasteiger partial charge in [0.1, 0.15) is 17.4 Å². The summed E-state index contributed by atoms with van der Waals surface area (Å²) in [6, 6.07) is 11.3. The van der Waals surface area contributed by atoms with Crippen molar-refractivity contribution in [2.24, 2.45) is 23.5 Å². The zero-order valence-corrected chi connectivity index (χ0v) is 21.9. The molecule has 2 aromatic rings. The molecule has 10 nitrogen and oxygen atoms in total. The number of hydrogen-bond donors (Lipinski definition) is 5. The first kappa shape index (κ1) is 26.6. The van der Waals surface area contributed by atoms with E-state index in [0.717, 1.165) is 36.3 Å². The normalized spacial score (nSPS) is 30.4. The molecule has 0 radical (unpaired) electrons. The maximum Gasteiger partial charge on any atom is 0.230 e. The van der Waals surface area contributed by atoms with Crippen molar-refractivity contribution in [1.82, 2.24) is 4.90 Å². The predicted molar refractivity (Wildman–Crippen MR) is 143 cm³/mol. The van der Waals surface area contributed by atoms with Crippen LogP contribution >= 0.6 is 0 Å². The quantitative estimate of drug-likeness (QED) is 0.351. The Bertz CT molecular complexity index is 1450. The highest BCUT2D eigenvalue weighted by molar-refractivity contribution is 6.24. The van der Waals surface area contributed by atoms with Gasteiger partial charge in [-0.3, -0.25) is 19.3 Å². The lowest BCUT2D eigenvalue weighted by Crippen LogP contribution is -2.66. The number of fused-ring (bicyclic) bond motifs is 3. The Hall–Kier alpha value is -3.57. The van der Waals surface area contributed by atoms with Crippen LogP contribution in [0.3, 0.4) is 0 Å². The summed E-state index contributed by atoms with van der Waals surface area (Å²) in [5.41, 5.74) is 6.12. The molecule has 1 heterocycles. The molecule has 1 saturated heterocycles. The first-order valence-electron chi connectivity index (χ1n) is 13.6. The van der Waals surface area contributed by atoms with Crippen LogP contribution in [0.2, 0.25) is 0 Å². The average molecular weight is 549 g/mol. The summed E-state index contributed by atoms with van der Waals surface area (Å²) in [6.07, 6.45) is -1.17. The molecule has 3 aliphatic carbocycles. The molecule has 2 saturated carbocycles. The number of carbonyl (C=O) groups excluding carboxylic acids is 3. The van der Waals surface area contributed by atoms with Crippen molar-refractivity contribution in [1.29, 1.82) is 0 Å². The van der Waals surface area contributed by atoms with E-state index in [-0.39, 0.29) is 36.1 Å². The number of nitrogens with two attached hydrogens (primary N) is 1. The Morgan fingerprint density at radius 1 is 1.10 bits per heavy atom. The van der Waals surface area contributed by atoms with Gasteiger partial charge in [0.05, 0.1) is 24.9 Å². The number of aromatic hydroxyl groups is 1. The van der Waals surface area contributed by atoms with Crippen LogP contribution in [-0.2, 0) is 32.1 Å². The second-order valence-electron chi connectivity index (χ2n) is 11.3. The summed E-state index contributed by atoms with van der Waals surface area (Å²) in [5.74, 6) is -7.21. The number of nitrogens with zero attached hydrogens (tertiary/aromatic N) is 1. The molecule has 0 spiro atoms. The standard InChI is InChI=1S/C30H32N2O8/c31-29(38)25-22(34)13-18-11-17-12-20-19(16-3-1-2-15(10-16)14-32-6-8-40-9-7-32)4-5-21(33)24(20)26(35)23(17)27(36)30(18,39)28(25)37/h1-5,10,17-18,22,25,33-35,39H,6-9,11-14H2,(H2,31,38)/t17-,18+,22?,25?,30+/m1/s1. The molecule has 5 atom stereocenters. The molecule has 6 N–H and O–H groups in total. The minimum atomic E-state index is -2.59. The van der Waals surface area contributed by atoms with Crippen LogP contribution in [0.25, 0.3) is 16.9 Å². The van der Waals surface area contributed by atoms with Gasteiger partial charge < -0.3 is 30.9 Å². The lowest BCUT2D eigenvalue weighted by atomic mass is 9.56. The average Bonchev–Trinajstić information content (AvgIpc) is 2.91. The summed E-state index contributed by atoms with van der Waals surface area (Å²) in [7, 11) is 0. The number of hydrogen-bond acceptors (Lipinski definition) is 9. The first-order valence-corrected chi connectivity index (χ1v) is 13.6. The van der Waals surface area contributed by atoms with Crippen LogP contribution in [-0.4, -0.2) is 80.8 Å². The number of amides is 1. The number of ether oxygens (including phenoxy) is 1. The Kier molecular flexibility index (Phi) is 6.53. The molecule has 3 fully saturated rings. The highest BCUT2D eigenvalue weighted by atomic mass is 16.5. The lowest BCUT2D eigenvalue weighted by molar-refractivity contribution is -0.174. The Labute approximate surface area is 230 Å². The highest BCUT2D eigenvalue weighted by Crippen LogP contribution is 2.52. The fourth-order valence-corrected chi connectivity index (χ4v) is 7.05. The second kappa shape index (κ2) is 9.81. The van der Waals surface area contributed by atoms with Gasteiger partial charge in [0.15, 0.2) is 11.4 Å². The molecular formula is C30H32N2O8. The maximum atomic E-state index is 13.7. The number of phenols is 1. The van der Waals surface area contributed by atoms with E-state index in [9.17, 15) is 34.8 Å². The van der Waals surface area contributed by atoms with E-state index in [4.69, 9.17) is 10.5 Å². The van der Waals surface area contributed by atoms with Gasteiger partial charge in [-0.25, -0.2) is 0 Å². The molecule has 40 heavy (non-hydrogen) atoms. The van der Waals surface area contributed by atoms with Crippen LogP contribution in [0, 0.1) is 17.8 Å². The fourth-order valence-electron chi connectivity index (χ4n) is 7.05. The molecular weight excluding hydrogens is 516 g/mol. The van der Waals surface area contributed by atoms with Crippen LogP contribution in [0.5, 0.6) is 5.75 Å². The van der Waals surface area contributed by atoms with Gasteiger partial charge in [-0.15, -0.1) is 0 Å². The first-order chi connectivity index (χ1) is 19.1. The van der Waals surface area contributed by atoms with Gasteiger partial charge in [0, 0.05) is 31.1 Å². The van der Waals surface area contributed by atoms with E-state index in [1.807, 2.05) is 18.2 Å². The predicted octanol–water partition coefficient (Wildman–Crippen LogP) is 1.09. The van der Waals surface area contributed by atoms with Crippen LogP contribution in [0.4, 0.5) is 0 Å². The van der Waals surface area contributed by atoms with Crippen molar-refractivity contribution in [2.45, 2.75) is 37.5 Å². The number of benzene rings is 2. The number of primary amides is 1. The van der Waals surface area contributed by atoms with Crippen molar-refractivity contribution in [3.05, 3.63) is 58.7 Å². The van der Waals surface area contributed by atoms with Crippen molar-refractivity contribution < 1.29 is 39.5 Å². The van der Waals surface area contributed by atoms with Crippen molar-refractivity contribution in [3.63, 3.8) is 0 Å². The van der Waals surface area contributed by atoms with E-state index < -0.39 is 52.7 Å². The highest BCUT2D eigenvalue weighted by Gasteiger charge is 2.64. The van der Waals surface area contributed by atoms with Crippen molar-refractivity contribution in [3.8, 4) is 16.9 Å². The number of ketones is 2. The number of phenolic OH excluding ortho intramolecular Hbond substituents is 1. The lowest BCUT2D eigenvalue weighted by Gasteiger charge is -2.48. The number of aliphatic hydroxyl groups excluding tert-OH is 2. The van der Waals surface area contributed by atoms with Gasteiger partial charge in [-0.1, -0.05) is 24.3 Å². The molecule has 0 aromatic heterocycles. The third-order valence-electron chi connectivity index (χ3n) is 9.02. The molecule has 6 rings (SSSR count). The topological polar surface area (TPSA) is 171 Å². The van der Waals surface area contributed by atoms with E-state index in [1.54, 1.807) is 6.07 Å². The Balaban J connectivity index is 1.40. The van der Waals surface area contributed by atoms with E-state index in [1.165, 1.54) is 6.07 Å². The minimum absolute atomic E-state index is 0.0903. The maximum absolute atomic E-state index is 13.7. The molecule has 4 aliphatic rings. The summed E-state index contributed by atoms with van der Waals surface area (Å²) >= 11 is 0. The number of Topliss-reactive ketones (excluding diaryl/α,β-unsaturated/α-hetero) is 2. The summed E-state index contributed by atoms with van der Waals surface area (Å²) in [5, 5.41) is 44.1. The molecule has 2 aromatic carbocycles. The zero-order chi connectivity index (χ0) is 28.3. The minimum Gasteiger partial charge on any atom is -0.507 e. The van der Waals surface area contributed by atoms with Gasteiger partial charge >= 0.3 is 0 Å². The van der Waals surface area contributed by atoms with Gasteiger partial charge in [0.25, 0.3) is 0 Å². The molecule has 2 unspecified atom stereocenters. The molecule has 10 heteroatoms. The summed E-state index contributed by atoms with van der Waals surface area (Å²) in [4.78, 5) is 41.1. The van der Waals surface area contributed by atoms with E-state index in [0.29, 0.717) is 18.8 Å². The second-order valence-corrected chi connectivity index (χ2v) is 11.3. The molecule has 1 amide bonds. The third kappa shape index (κ3) is 4.05. The number of carbonyl (C=O) groups is 3. The number of aliphatic hydroxyl groups is 3. The molecule has 210 valence electrons. The zero-order valence-electron chi connectivity index (χ0n) is 21.9. The van der Waals surface area contributed by atoms with Crippen LogP contribution in [0.15, 0.2) is 42.0 Å². The SMILES string of the molecule is NC(=O)C1C(=O)[C@@]2(O)C(=O)C3=C(O)c4c(O)ccc(-c5cccc(CN6CCOCC6)c5)c4C[C@H]3C[C@H]2CC1O. The smallest absolute Gasteiger partial charge is 0.230 e. The van der Waals surface area contributed by atoms with Crippen molar-refractivity contribution in [2.75, 3.05) is 26.3 Å². The number of morpholine rings is 1. The van der Waals surface area contributed by atoms with Crippen molar-refractivity contribution >= 4 is 23.2 Å². The third-order valence-corrected chi connectivity index (χ3v) is 9.02. The van der Waals surface area contributed by atoms with Gasteiger partial charge in [0.2, 0.25) is 11.7 Å². The summed E-state index contributed by atoms with van der Waals surface area (Å²) in [6.45, 7) is 3.84. The molecule has 0 bridgehead atoms. The Morgan fingerprint density at radius 3 is 2.58 bits per heavy atom. The van der Waals surface area contributed by atoms with Crippen LogP contribution < -0.4 is 5.73 Å². The molecule has 1 aliphatic heterocycles. The van der Waals surface area contributed by atoms with Gasteiger partial charge in [-0.05, 0) is 59.6 Å². The monoisotopic (exact) mass is 548 g/mol.